The molecule has 0 spiro atoms. The molecule has 236 valence electrons. The summed E-state index contributed by atoms with van der Waals surface area (Å²) in [5.74, 6) is -0.289. The van der Waals surface area contributed by atoms with Crippen LogP contribution in [0.4, 0.5) is 9.93 Å². The van der Waals surface area contributed by atoms with Crippen LogP contribution in [0, 0.1) is 0 Å². The largest absolute Gasteiger partial charge is 0.377 e. The number of anilines is 1. The number of benzene rings is 2. The molecule has 0 saturated carbocycles. The molecule has 12 heteroatoms. The van der Waals surface area contributed by atoms with Crippen molar-refractivity contribution >= 4 is 44.5 Å². The van der Waals surface area contributed by atoms with Crippen molar-refractivity contribution in [2.45, 2.75) is 51.0 Å². The van der Waals surface area contributed by atoms with Crippen LogP contribution in [0.3, 0.4) is 0 Å². The van der Waals surface area contributed by atoms with Gasteiger partial charge in [-0.25, -0.2) is 9.78 Å². The van der Waals surface area contributed by atoms with Gasteiger partial charge in [0.1, 0.15) is 12.2 Å². The molecule has 2 aromatic carbocycles. The molecule has 0 radical (unpaired) electrons. The molecule has 3 atom stereocenters. The van der Waals surface area contributed by atoms with Gasteiger partial charge in [0.2, 0.25) is 11.8 Å². The number of methoxy groups -OCH3 is 1. The summed E-state index contributed by atoms with van der Waals surface area (Å²) in [6.45, 7) is 3.39. The highest BCUT2D eigenvalue weighted by Crippen LogP contribution is 2.32. The molecule has 6 rings (SSSR count). The van der Waals surface area contributed by atoms with Crippen LogP contribution in [0.5, 0.6) is 0 Å². The lowest BCUT2D eigenvalue weighted by atomic mass is 10.00. The van der Waals surface area contributed by atoms with Crippen LogP contribution < -0.4 is 11.1 Å². The monoisotopic (exact) mass is 629 g/mol. The zero-order valence-corrected chi connectivity index (χ0v) is 26.4. The standard InChI is InChI=1S/C33H39N7O4S/c1-3-16-38(33(43)35-18-23-12-14-25(44-2)15-13-23)39-21-29(41)40-26(17-22-8-5-4-6-9-22)31(42)37(20-28(39)40)19-24-10-7-11-27-30(24)36-32(34)45-27/h4-14,25-26,28H,3,15-21H2,1-2H3,(H2,34,36)(H,35,43)/t25?,26-,28+/m0/s1. The van der Waals surface area contributed by atoms with Crippen LogP contribution in [0.25, 0.3) is 10.2 Å². The number of hydrogen-bond donors (Lipinski definition) is 2. The molecule has 1 unspecified atom stereocenters. The fourth-order valence-corrected chi connectivity index (χ4v) is 7.14. The van der Waals surface area contributed by atoms with Crippen LogP contribution in [-0.4, -0.2) is 94.2 Å². The van der Waals surface area contributed by atoms with Crippen molar-refractivity contribution in [3.63, 3.8) is 0 Å². The SMILES string of the molecule is CCCN(C(=O)NCC1=CCC(OC)C=C1)N1CC(=O)N2[C@@H](Cc3ccccc3)C(=O)N(Cc3cccc4sc(N)nc34)C[C@@H]21. The minimum atomic E-state index is -0.707. The van der Waals surface area contributed by atoms with Crippen molar-refractivity contribution in [2.24, 2.45) is 0 Å². The second-order valence-electron chi connectivity index (χ2n) is 11.5. The van der Waals surface area contributed by atoms with E-state index >= 15 is 0 Å². The molecule has 2 fully saturated rings. The first-order valence-corrected chi connectivity index (χ1v) is 16.2. The van der Waals surface area contributed by atoms with E-state index in [0.717, 1.165) is 33.3 Å². The van der Waals surface area contributed by atoms with E-state index in [-0.39, 0.29) is 37.0 Å². The number of nitrogen functional groups attached to an aromatic ring is 1. The molecule has 2 aliphatic heterocycles. The zero-order chi connectivity index (χ0) is 31.5. The maximum Gasteiger partial charge on any atom is 0.332 e. The number of aromatic nitrogens is 1. The Balaban J connectivity index is 1.27. The topological polar surface area (TPSA) is 124 Å². The van der Waals surface area contributed by atoms with Gasteiger partial charge in [-0.2, -0.15) is 5.01 Å². The first-order valence-electron chi connectivity index (χ1n) is 15.4. The maximum absolute atomic E-state index is 14.2. The van der Waals surface area contributed by atoms with Crippen molar-refractivity contribution in [1.29, 1.82) is 0 Å². The predicted octanol–water partition coefficient (Wildman–Crippen LogP) is 3.54. The van der Waals surface area contributed by atoms with Gasteiger partial charge >= 0.3 is 6.03 Å². The lowest BCUT2D eigenvalue weighted by Crippen LogP contribution is -2.66. The second-order valence-corrected chi connectivity index (χ2v) is 12.6. The number of thiazole rings is 1. The summed E-state index contributed by atoms with van der Waals surface area (Å²) in [5.41, 5.74) is 9.66. The number of hydrazine groups is 1. The third-order valence-electron chi connectivity index (χ3n) is 8.58. The molecule has 0 bridgehead atoms. The highest BCUT2D eigenvalue weighted by molar-refractivity contribution is 7.22. The maximum atomic E-state index is 14.2. The van der Waals surface area contributed by atoms with Gasteiger partial charge in [0, 0.05) is 33.2 Å². The number of nitrogens with one attached hydrogen (secondary N) is 1. The summed E-state index contributed by atoms with van der Waals surface area (Å²) in [5, 5.41) is 7.00. The van der Waals surface area contributed by atoms with Gasteiger partial charge in [0.25, 0.3) is 0 Å². The number of para-hydroxylation sites is 1. The van der Waals surface area contributed by atoms with Gasteiger partial charge in [-0.05, 0) is 35.6 Å². The fraction of sp³-hybridized carbons (Fsp3) is 0.394. The average molecular weight is 630 g/mol. The molecule has 2 saturated heterocycles. The average Bonchev–Trinajstić information content (AvgIpc) is 3.60. The normalized spacial score (nSPS) is 21.7. The number of carbonyl (C=O) groups is 3. The van der Waals surface area contributed by atoms with E-state index < -0.39 is 12.2 Å². The Morgan fingerprint density at radius 1 is 1.18 bits per heavy atom. The zero-order valence-electron chi connectivity index (χ0n) is 25.6. The molecule has 3 N–H and O–H groups in total. The smallest absolute Gasteiger partial charge is 0.332 e. The third-order valence-corrected chi connectivity index (χ3v) is 9.43. The molecule has 11 nitrogen and oxygen atoms in total. The number of piperazine rings is 1. The van der Waals surface area contributed by atoms with Crippen LogP contribution in [-0.2, 0) is 27.3 Å². The van der Waals surface area contributed by atoms with Crippen LogP contribution in [0.15, 0.2) is 72.3 Å². The number of nitrogens with two attached hydrogens (primary N) is 1. The van der Waals surface area contributed by atoms with Gasteiger partial charge < -0.3 is 25.6 Å². The summed E-state index contributed by atoms with van der Waals surface area (Å²) in [4.78, 5) is 49.6. The number of rotatable bonds is 10. The Hall–Kier alpha value is -4.26. The quantitative estimate of drug-likeness (QED) is 0.352. The molecular formula is C33H39N7O4S. The van der Waals surface area contributed by atoms with Gasteiger partial charge in [-0.15, -0.1) is 0 Å². The van der Waals surface area contributed by atoms with Crippen LogP contribution >= 0.6 is 11.3 Å². The van der Waals surface area contributed by atoms with Crippen LogP contribution in [0.1, 0.15) is 30.9 Å². The highest BCUT2D eigenvalue weighted by Gasteiger charge is 2.52. The van der Waals surface area contributed by atoms with Crippen LogP contribution in [0.2, 0.25) is 0 Å². The summed E-state index contributed by atoms with van der Waals surface area (Å²) in [6.07, 6.45) is 7.40. The lowest BCUT2D eigenvalue weighted by Gasteiger charge is -2.46. The van der Waals surface area contributed by atoms with Crippen molar-refractivity contribution in [1.82, 2.24) is 30.1 Å². The van der Waals surface area contributed by atoms with E-state index in [1.54, 1.807) is 21.9 Å². The summed E-state index contributed by atoms with van der Waals surface area (Å²) < 4.78 is 6.34. The number of nitrogens with zero attached hydrogens (tertiary/aromatic N) is 5. The van der Waals surface area contributed by atoms with Gasteiger partial charge in [-0.3, -0.25) is 14.6 Å². The molecule has 1 aromatic heterocycles. The fourth-order valence-electron chi connectivity index (χ4n) is 6.36. The first-order chi connectivity index (χ1) is 21.9. The number of fused-ring (bicyclic) bond motifs is 2. The predicted molar refractivity (Wildman–Crippen MR) is 174 cm³/mol. The van der Waals surface area contributed by atoms with E-state index in [1.165, 1.54) is 11.3 Å². The van der Waals surface area contributed by atoms with Crippen molar-refractivity contribution in [3.8, 4) is 0 Å². The molecule has 1 aliphatic carbocycles. The third kappa shape index (κ3) is 6.44. The molecule has 3 aliphatic rings. The molecule has 3 heterocycles. The first kappa shape index (κ1) is 30.8. The van der Waals surface area contributed by atoms with E-state index in [0.29, 0.717) is 37.6 Å². The summed E-state index contributed by atoms with van der Waals surface area (Å²) in [6, 6.07) is 14.6. The van der Waals surface area contributed by atoms with Gasteiger partial charge in [0.05, 0.1) is 29.4 Å². The number of amides is 4. The summed E-state index contributed by atoms with van der Waals surface area (Å²) in [7, 11) is 1.68. The Kier molecular flexibility index (Phi) is 9.15. The number of carbonyl (C=O) groups excluding carboxylic acids is 3. The Bertz CT molecular complexity index is 1620. The molecular weight excluding hydrogens is 590 g/mol. The van der Waals surface area contributed by atoms with E-state index in [2.05, 4.69) is 16.4 Å². The van der Waals surface area contributed by atoms with E-state index in [1.807, 2.05) is 72.6 Å². The van der Waals surface area contributed by atoms with Gasteiger partial charge in [0.15, 0.2) is 5.13 Å². The van der Waals surface area contributed by atoms with Crippen molar-refractivity contribution in [3.05, 3.63) is 83.5 Å². The molecule has 4 amide bonds. The Morgan fingerprint density at radius 3 is 2.73 bits per heavy atom. The van der Waals surface area contributed by atoms with Crippen molar-refractivity contribution in [2.75, 3.05) is 39.0 Å². The lowest BCUT2D eigenvalue weighted by molar-refractivity contribution is -0.157. The number of urea groups is 1. The second kappa shape index (κ2) is 13.4. The van der Waals surface area contributed by atoms with Gasteiger partial charge in [-0.1, -0.05) is 79.0 Å². The van der Waals surface area contributed by atoms with E-state index in [4.69, 9.17) is 10.5 Å². The molecule has 3 aromatic rings. The Labute approximate surface area is 266 Å². The number of ether oxygens (including phenoxy) is 1. The minimum absolute atomic E-state index is 0.0147. The van der Waals surface area contributed by atoms with Crippen molar-refractivity contribution < 1.29 is 19.1 Å². The van der Waals surface area contributed by atoms with E-state index in [9.17, 15) is 14.4 Å². The molecule has 45 heavy (non-hydrogen) atoms. The number of hydrogen-bond acceptors (Lipinski definition) is 8. The minimum Gasteiger partial charge on any atom is -0.377 e. The highest BCUT2D eigenvalue weighted by atomic mass is 32.1. The Morgan fingerprint density at radius 2 is 2.00 bits per heavy atom. The summed E-state index contributed by atoms with van der Waals surface area (Å²) >= 11 is 1.41.